The Morgan fingerprint density at radius 1 is 1.04 bits per heavy atom. The van der Waals surface area contributed by atoms with Crippen molar-refractivity contribution in [1.29, 1.82) is 0 Å². The van der Waals surface area contributed by atoms with Gasteiger partial charge in [-0.05, 0) is 31.2 Å². The first-order chi connectivity index (χ1) is 13.4. The van der Waals surface area contributed by atoms with E-state index < -0.39 is 10.0 Å². The first-order valence-corrected chi connectivity index (χ1v) is 10.9. The van der Waals surface area contributed by atoms with Gasteiger partial charge in [0.2, 0.25) is 10.0 Å². The third-order valence-corrected chi connectivity index (χ3v) is 6.96. The van der Waals surface area contributed by atoms with Crippen molar-refractivity contribution in [1.82, 2.24) is 9.21 Å². The molecular weight excluding hydrogens is 400 g/mol. The van der Waals surface area contributed by atoms with Crippen molar-refractivity contribution in [2.45, 2.75) is 11.8 Å². The fraction of sp³-hybridized carbons (Fsp3) is 0.350. The largest absolute Gasteiger partial charge is 0.491 e. The maximum Gasteiger partial charge on any atom is 0.243 e. The molecule has 2 aromatic rings. The Morgan fingerprint density at radius 3 is 2.29 bits per heavy atom. The molecule has 0 bridgehead atoms. The van der Waals surface area contributed by atoms with Crippen LogP contribution in [0.15, 0.2) is 53.4 Å². The highest BCUT2D eigenvalue weighted by Gasteiger charge is 2.28. The van der Waals surface area contributed by atoms with Gasteiger partial charge in [0, 0.05) is 38.3 Å². The second-order valence-electron chi connectivity index (χ2n) is 6.61. The molecule has 0 radical (unpaired) electrons. The topological polar surface area (TPSA) is 66.9 Å². The van der Waals surface area contributed by atoms with Gasteiger partial charge in [0.15, 0.2) is 5.78 Å². The Kier molecular flexibility index (Phi) is 6.72. The van der Waals surface area contributed by atoms with Crippen LogP contribution >= 0.6 is 11.6 Å². The van der Waals surface area contributed by atoms with E-state index in [-0.39, 0.29) is 10.7 Å². The maximum atomic E-state index is 12.8. The molecule has 150 valence electrons. The number of rotatable bonds is 7. The number of carbonyl (C=O) groups is 1. The van der Waals surface area contributed by atoms with Crippen LogP contribution < -0.4 is 4.74 Å². The molecule has 1 aliphatic rings. The van der Waals surface area contributed by atoms with Gasteiger partial charge in [0.25, 0.3) is 0 Å². The van der Waals surface area contributed by atoms with Crippen molar-refractivity contribution in [2.75, 3.05) is 39.3 Å². The van der Waals surface area contributed by atoms with E-state index in [0.717, 1.165) is 0 Å². The summed E-state index contributed by atoms with van der Waals surface area (Å²) < 4.78 is 32.8. The minimum Gasteiger partial charge on any atom is -0.491 e. The van der Waals surface area contributed by atoms with Gasteiger partial charge in [-0.25, -0.2) is 8.42 Å². The number of benzene rings is 2. The minimum absolute atomic E-state index is 0.0865. The molecule has 0 amide bonds. The highest BCUT2D eigenvalue weighted by molar-refractivity contribution is 7.89. The fourth-order valence-corrected chi connectivity index (χ4v) is 4.66. The highest BCUT2D eigenvalue weighted by Crippen LogP contribution is 2.23. The van der Waals surface area contributed by atoms with Gasteiger partial charge in [-0.3, -0.25) is 9.69 Å². The van der Waals surface area contributed by atoms with Gasteiger partial charge in [0.05, 0.1) is 9.92 Å². The maximum absolute atomic E-state index is 12.8. The molecule has 3 rings (SSSR count). The smallest absolute Gasteiger partial charge is 0.243 e. The average molecular weight is 423 g/mol. The Balaban J connectivity index is 1.51. The number of para-hydroxylation sites is 1. The monoisotopic (exact) mass is 422 g/mol. The van der Waals surface area contributed by atoms with Crippen molar-refractivity contribution in [3.05, 3.63) is 59.1 Å². The van der Waals surface area contributed by atoms with E-state index in [9.17, 15) is 13.2 Å². The molecule has 1 saturated heterocycles. The summed E-state index contributed by atoms with van der Waals surface area (Å²) in [6, 6.07) is 13.4. The molecule has 0 atom stereocenters. The van der Waals surface area contributed by atoms with E-state index in [1.165, 1.54) is 23.4 Å². The zero-order chi connectivity index (χ0) is 20.1. The molecule has 0 aromatic heterocycles. The molecule has 0 aliphatic carbocycles. The first kappa shape index (κ1) is 20.8. The lowest BCUT2D eigenvalue weighted by molar-refractivity contribution is 0.101. The quantitative estimate of drug-likeness (QED) is 0.642. The number of ketones is 1. The van der Waals surface area contributed by atoms with E-state index >= 15 is 0 Å². The number of nitrogens with zero attached hydrogens (tertiary/aromatic N) is 2. The van der Waals surface area contributed by atoms with Crippen molar-refractivity contribution < 1.29 is 17.9 Å². The van der Waals surface area contributed by atoms with Crippen LogP contribution in [0.4, 0.5) is 0 Å². The van der Waals surface area contributed by atoms with Crippen LogP contribution in [-0.2, 0) is 10.0 Å². The molecule has 0 unspecified atom stereocenters. The molecule has 1 aliphatic heterocycles. The summed E-state index contributed by atoms with van der Waals surface area (Å²) >= 11 is 6.07. The molecule has 8 heteroatoms. The van der Waals surface area contributed by atoms with Gasteiger partial charge in [0.1, 0.15) is 12.4 Å². The van der Waals surface area contributed by atoms with Gasteiger partial charge >= 0.3 is 0 Å². The summed E-state index contributed by atoms with van der Waals surface area (Å²) in [5.41, 5.74) is 0.502. The van der Waals surface area contributed by atoms with Gasteiger partial charge in [-0.15, -0.1) is 0 Å². The third kappa shape index (κ3) is 4.91. The fourth-order valence-electron chi connectivity index (χ4n) is 3.05. The Morgan fingerprint density at radius 2 is 1.68 bits per heavy atom. The summed E-state index contributed by atoms with van der Waals surface area (Å²) in [7, 11) is -3.55. The van der Waals surface area contributed by atoms with Gasteiger partial charge in [-0.2, -0.15) is 4.31 Å². The van der Waals surface area contributed by atoms with Crippen molar-refractivity contribution in [3.63, 3.8) is 0 Å². The van der Waals surface area contributed by atoms with Crippen LogP contribution in [-0.4, -0.2) is 62.7 Å². The van der Waals surface area contributed by atoms with Crippen LogP contribution in [0.3, 0.4) is 0 Å². The Labute approximate surface area is 170 Å². The zero-order valence-electron chi connectivity index (χ0n) is 15.7. The molecule has 1 fully saturated rings. The molecule has 0 N–H and O–H groups in total. The average Bonchev–Trinajstić information content (AvgIpc) is 2.70. The van der Waals surface area contributed by atoms with Gasteiger partial charge < -0.3 is 4.74 Å². The number of carbonyl (C=O) groups excluding carboxylic acids is 1. The lowest BCUT2D eigenvalue weighted by Crippen LogP contribution is -2.49. The third-order valence-electron chi connectivity index (χ3n) is 4.73. The predicted molar refractivity (Wildman–Crippen MR) is 109 cm³/mol. The molecule has 0 spiro atoms. The lowest BCUT2D eigenvalue weighted by Gasteiger charge is -2.33. The standard InChI is InChI=1S/C20H23ClN2O4S/c1-16(24)17-6-8-18(9-7-17)28(25,26)23-12-10-22(11-13-23)14-15-27-20-5-3-2-4-19(20)21/h2-9H,10-15H2,1H3. The van der Waals surface area contributed by atoms with E-state index in [0.29, 0.717) is 55.7 Å². The normalized spacial score (nSPS) is 16.1. The second kappa shape index (κ2) is 9.05. The van der Waals surface area contributed by atoms with E-state index in [1.807, 2.05) is 18.2 Å². The Hall–Kier alpha value is -1.93. The number of Topliss-reactive ketones (excluding diaryl/α,β-unsaturated/α-hetero) is 1. The summed E-state index contributed by atoms with van der Waals surface area (Å²) in [5, 5.41) is 0.578. The molecule has 0 saturated carbocycles. The van der Waals surface area contributed by atoms with Crippen LogP contribution in [0.2, 0.25) is 5.02 Å². The summed E-state index contributed by atoms with van der Waals surface area (Å²) in [5.74, 6) is 0.566. The van der Waals surface area contributed by atoms with E-state index in [4.69, 9.17) is 16.3 Å². The van der Waals surface area contributed by atoms with Gasteiger partial charge in [-0.1, -0.05) is 35.9 Å². The highest BCUT2D eigenvalue weighted by atomic mass is 35.5. The summed E-state index contributed by atoms with van der Waals surface area (Å²) in [6.45, 7) is 4.76. The molecular formula is C20H23ClN2O4S. The lowest BCUT2D eigenvalue weighted by atomic mass is 10.2. The SMILES string of the molecule is CC(=O)c1ccc(S(=O)(=O)N2CCN(CCOc3ccccc3Cl)CC2)cc1. The summed E-state index contributed by atoms with van der Waals surface area (Å²) in [4.78, 5) is 13.7. The number of ether oxygens (including phenoxy) is 1. The number of piperazine rings is 1. The molecule has 1 heterocycles. The minimum atomic E-state index is -3.55. The van der Waals surface area contributed by atoms with E-state index in [2.05, 4.69) is 4.90 Å². The van der Waals surface area contributed by atoms with Crippen molar-refractivity contribution in [3.8, 4) is 5.75 Å². The van der Waals surface area contributed by atoms with E-state index in [1.54, 1.807) is 18.2 Å². The molecule has 2 aromatic carbocycles. The van der Waals surface area contributed by atoms with Crippen molar-refractivity contribution in [2.24, 2.45) is 0 Å². The second-order valence-corrected chi connectivity index (χ2v) is 8.95. The number of halogens is 1. The zero-order valence-corrected chi connectivity index (χ0v) is 17.2. The van der Waals surface area contributed by atoms with Crippen molar-refractivity contribution >= 4 is 27.4 Å². The Bertz CT molecular complexity index is 923. The molecule has 28 heavy (non-hydrogen) atoms. The molecule has 6 nitrogen and oxygen atoms in total. The number of sulfonamides is 1. The van der Waals surface area contributed by atoms with Crippen LogP contribution in [0.1, 0.15) is 17.3 Å². The number of hydrogen-bond donors (Lipinski definition) is 0. The van der Waals surface area contributed by atoms with Crippen LogP contribution in [0.25, 0.3) is 0 Å². The van der Waals surface area contributed by atoms with Crippen LogP contribution in [0, 0.1) is 0 Å². The number of hydrogen-bond acceptors (Lipinski definition) is 5. The summed E-state index contributed by atoms with van der Waals surface area (Å²) in [6.07, 6.45) is 0. The predicted octanol–water partition coefficient (Wildman–Crippen LogP) is 2.93. The first-order valence-electron chi connectivity index (χ1n) is 9.09. The van der Waals surface area contributed by atoms with Crippen LogP contribution in [0.5, 0.6) is 5.75 Å².